The van der Waals surface area contributed by atoms with Crippen molar-refractivity contribution in [2.24, 2.45) is 0 Å². The van der Waals surface area contributed by atoms with Crippen molar-refractivity contribution in [3.8, 4) is 5.75 Å². The normalized spacial score (nSPS) is 10.4. The zero-order chi connectivity index (χ0) is 23.6. The first-order chi connectivity index (χ1) is 15.9. The number of amides is 3. The summed E-state index contributed by atoms with van der Waals surface area (Å²) in [5, 5.41) is 10.6. The first-order valence-electron chi connectivity index (χ1n) is 10.1. The van der Waals surface area contributed by atoms with Crippen molar-refractivity contribution >= 4 is 57.3 Å². The summed E-state index contributed by atoms with van der Waals surface area (Å²) in [5.74, 6) is 0.909. The van der Waals surface area contributed by atoms with E-state index in [4.69, 9.17) is 4.74 Å². The van der Waals surface area contributed by atoms with Gasteiger partial charge in [0.05, 0.1) is 11.4 Å². The molecule has 172 valence electrons. The van der Waals surface area contributed by atoms with Crippen LogP contribution in [0.1, 0.15) is 18.2 Å². The number of benzene rings is 2. The van der Waals surface area contributed by atoms with E-state index in [9.17, 15) is 14.4 Å². The third-order valence-corrected chi connectivity index (χ3v) is 6.00. The molecule has 0 aliphatic rings. The Morgan fingerprint density at radius 1 is 0.970 bits per heavy atom. The fraction of sp³-hybridized carbons (Fsp3) is 0.217. The Bertz CT molecular complexity index is 1120. The molecule has 0 radical (unpaired) electrons. The molecule has 33 heavy (non-hydrogen) atoms. The van der Waals surface area contributed by atoms with Crippen LogP contribution in [0.25, 0.3) is 0 Å². The Morgan fingerprint density at radius 2 is 1.67 bits per heavy atom. The lowest BCUT2D eigenvalue weighted by atomic mass is 10.2. The fourth-order valence-corrected chi connectivity index (χ4v) is 4.28. The van der Waals surface area contributed by atoms with Gasteiger partial charge >= 0.3 is 0 Å². The number of nitrogens with one attached hydrogen (secondary N) is 3. The first-order valence-corrected chi connectivity index (χ1v) is 12.1. The predicted molar refractivity (Wildman–Crippen MR) is 133 cm³/mol. The van der Waals surface area contributed by atoms with Gasteiger partial charge in [-0.05, 0) is 42.8 Å². The molecule has 0 atom stereocenters. The molecule has 0 unspecified atom stereocenters. The fourth-order valence-electron chi connectivity index (χ4n) is 2.73. The number of nitrogens with zero attached hydrogens (tertiary/aromatic N) is 1. The zero-order valence-electron chi connectivity index (χ0n) is 18.2. The van der Waals surface area contributed by atoms with E-state index in [0.717, 1.165) is 11.3 Å². The smallest absolute Gasteiger partial charge is 0.264 e. The number of rotatable bonds is 10. The van der Waals surface area contributed by atoms with E-state index in [1.54, 1.807) is 24.3 Å². The van der Waals surface area contributed by atoms with E-state index < -0.39 is 0 Å². The highest BCUT2D eigenvalue weighted by molar-refractivity contribution is 7.99. The van der Waals surface area contributed by atoms with Crippen LogP contribution in [0.4, 0.5) is 16.5 Å². The molecule has 1 heterocycles. The molecule has 0 aliphatic carbocycles. The Labute approximate surface area is 200 Å². The van der Waals surface area contributed by atoms with Gasteiger partial charge in [0, 0.05) is 29.4 Å². The lowest BCUT2D eigenvalue weighted by Crippen LogP contribution is -2.20. The predicted octanol–water partition coefficient (Wildman–Crippen LogP) is 4.30. The van der Waals surface area contributed by atoms with Gasteiger partial charge in [-0.2, -0.15) is 0 Å². The monoisotopic (exact) mass is 484 g/mol. The average molecular weight is 485 g/mol. The van der Waals surface area contributed by atoms with Gasteiger partial charge in [-0.15, -0.1) is 23.1 Å². The van der Waals surface area contributed by atoms with Crippen LogP contribution in [0, 0.1) is 6.92 Å². The van der Waals surface area contributed by atoms with Crippen LogP contribution in [-0.4, -0.2) is 35.1 Å². The SMILES string of the molecule is CC(=O)Nc1ccc(NC(=O)CSCc2csc(NC(=O)COc3ccccc3C)n2)cc1. The molecule has 3 rings (SSSR count). The van der Waals surface area contributed by atoms with Crippen molar-refractivity contribution in [1.82, 2.24) is 4.98 Å². The van der Waals surface area contributed by atoms with Crippen LogP contribution in [0.5, 0.6) is 5.75 Å². The molecule has 0 saturated heterocycles. The second-order valence-electron chi connectivity index (χ2n) is 7.05. The topological polar surface area (TPSA) is 109 Å². The number of ether oxygens (including phenoxy) is 1. The minimum atomic E-state index is -0.282. The Morgan fingerprint density at radius 3 is 2.36 bits per heavy atom. The van der Waals surface area contributed by atoms with Crippen molar-refractivity contribution < 1.29 is 19.1 Å². The highest BCUT2D eigenvalue weighted by Gasteiger charge is 2.10. The highest BCUT2D eigenvalue weighted by atomic mass is 32.2. The first kappa shape index (κ1) is 24.3. The minimum absolute atomic E-state index is 0.0967. The van der Waals surface area contributed by atoms with E-state index in [0.29, 0.717) is 28.0 Å². The molecular formula is C23H24N4O4S2. The van der Waals surface area contributed by atoms with Crippen molar-refractivity contribution in [3.05, 3.63) is 65.2 Å². The van der Waals surface area contributed by atoms with E-state index in [-0.39, 0.29) is 30.1 Å². The number of hydrogen-bond donors (Lipinski definition) is 3. The number of thiazole rings is 1. The van der Waals surface area contributed by atoms with Crippen molar-refractivity contribution in [1.29, 1.82) is 0 Å². The summed E-state index contributed by atoms with van der Waals surface area (Å²) in [6.07, 6.45) is 0. The van der Waals surface area contributed by atoms with Gasteiger partial charge < -0.3 is 15.4 Å². The number of aromatic nitrogens is 1. The van der Waals surface area contributed by atoms with Crippen molar-refractivity contribution in [2.75, 3.05) is 28.3 Å². The van der Waals surface area contributed by atoms with Gasteiger partial charge in [0.25, 0.3) is 5.91 Å². The quantitative estimate of drug-likeness (QED) is 0.396. The molecule has 0 spiro atoms. The van der Waals surface area contributed by atoms with Crippen LogP contribution in [0.3, 0.4) is 0 Å². The molecule has 3 N–H and O–H groups in total. The van der Waals surface area contributed by atoms with Gasteiger partial charge in [0.1, 0.15) is 5.75 Å². The Kier molecular flexibility index (Phi) is 8.85. The number of carbonyl (C=O) groups is 3. The van der Waals surface area contributed by atoms with Crippen molar-refractivity contribution in [2.45, 2.75) is 19.6 Å². The molecule has 8 nitrogen and oxygen atoms in total. The summed E-state index contributed by atoms with van der Waals surface area (Å²) >= 11 is 2.75. The molecular weight excluding hydrogens is 460 g/mol. The third-order valence-electron chi connectivity index (χ3n) is 4.22. The number of para-hydroxylation sites is 1. The molecule has 0 bridgehead atoms. The van der Waals surface area contributed by atoms with Crippen molar-refractivity contribution in [3.63, 3.8) is 0 Å². The number of anilines is 3. The number of aryl methyl sites for hydroxylation is 1. The van der Waals surface area contributed by atoms with Crippen LogP contribution in [0.2, 0.25) is 0 Å². The summed E-state index contributed by atoms with van der Waals surface area (Å²) in [7, 11) is 0. The third kappa shape index (κ3) is 8.24. The Balaban J connectivity index is 1.37. The number of hydrogen-bond acceptors (Lipinski definition) is 7. The second-order valence-corrected chi connectivity index (χ2v) is 8.89. The molecule has 0 saturated carbocycles. The molecule has 2 aromatic carbocycles. The lowest BCUT2D eigenvalue weighted by Gasteiger charge is -2.08. The number of thioether (sulfide) groups is 1. The maximum absolute atomic E-state index is 12.1. The molecule has 0 fully saturated rings. The summed E-state index contributed by atoms with van der Waals surface area (Å²) < 4.78 is 5.54. The van der Waals surface area contributed by atoms with E-state index in [1.807, 2.05) is 36.6 Å². The second kappa shape index (κ2) is 12.0. The average Bonchev–Trinajstić information content (AvgIpc) is 3.21. The van der Waals surface area contributed by atoms with Crippen LogP contribution < -0.4 is 20.7 Å². The van der Waals surface area contributed by atoms with Gasteiger partial charge in [-0.3, -0.25) is 19.7 Å². The standard InChI is InChI=1S/C23H24N4O4S2/c1-15-5-3-4-6-20(15)31-11-21(29)27-23-26-19(13-33-23)12-32-14-22(30)25-18-9-7-17(8-10-18)24-16(2)28/h3-10,13H,11-12,14H2,1-2H3,(H,24,28)(H,25,30)(H,26,27,29). The summed E-state index contributed by atoms with van der Waals surface area (Å²) in [6.45, 7) is 3.26. The summed E-state index contributed by atoms with van der Waals surface area (Å²) in [4.78, 5) is 39.7. The maximum Gasteiger partial charge on any atom is 0.264 e. The summed E-state index contributed by atoms with van der Waals surface area (Å²) in [6, 6.07) is 14.4. The van der Waals surface area contributed by atoms with Gasteiger partial charge in [-0.25, -0.2) is 4.98 Å². The van der Waals surface area contributed by atoms with Crippen LogP contribution >= 0.6 is 23.1 Å². The molecule has 3 aromatic rings. The maximum atomic E-state index is 12.1. The van der Waals surface area contributed by atoms with Gasteiger partial charge in [0.2, 0.25) is 11.8 Å². The zero-order valence-corrected chi connectivity index (χ0v) is 19.8. The molecule has 1 aromatic heterocycles. The highest BCUT2D eigenvalue weighted by Crippen LogP contribution is 2.21. The lowest BCUT2D eigenvalue weighted by molar-refractivity contribution is -0.118. The van der Waals surface area contributed by atoms with Crippen LogP contribution in [0.15, 0.2) is 53.9 Å². The van der Waals surface area contributed by atoms with E-state index in [1.165, 1.54) is 30.0 Å². The summed E-state index contributed by atoms with van der Waals surface area (Å²) in [5.41, 5.74) is 3.07. The van der Waals surface area contributed by atoms with E-state index >= 15 is 0 Å². The van der Waals surface area contributed by atoms with Gasteiger partial charge in [0.15, 0.2) is 11.7 Å². The molecule has 10 heteroatoms. The molecule has 3 amide bonds. The largest absolute Gasteiger partial charge is 0.483 e. The van der Waals surface area contributed by atoms with Crippen LogP contribution in [-0.2, 0) is 20.1 Å². The van der Waals surface area contributed by atoms with Gasteiger partial charge in [-0.1, -0.05) is 18.2 Å². The minimum Gasteiger partial charge on any atom is -0.483 e. The number of carbonyl (C=O) groups excluding carboxylic acids is 3. The van der Waals surface area contributed by atoms with E-state index in [2.05, 4.69) is 20.9 Å². The Hall–Kier alpha value is -3.37. The molecule has 0 aliphatic heterocycles.